The van der Waals surface area contributed by atoms with E-state index in [1.807, 2.05) is 48.5 Å². The first-order chi connectivity index (χ1) is 7.40. The summed E-state index contributed by atoms with van der Waals surface area (Å²) in [6.45, 7) is 3.79. The molecule has 1 atom stereocenters. The molecule has 0 aliphatic carbocycles. The zero-order valence-corrected chi connectivity index (χ0v) is 8.39. The van der Waals surface area contributed by atoms with E-state index in [-0.39, 0.29) is 6.04 Å². The normalized spacial score (nSPS) is 12.0. The van der Waals surface area contributed by atoms with Gasteiger partial charge in [-0.15, -0.1) is 6.58 Å². The third kappa shape index (κ3) is 2.29. The Kier molecular flexibility index (Phi) is 2.88. The van der Waals surface area contributed by atoms with Crippen molar-refractivity contribution in [3.05, 3.63) is 67.1 Å². The van der Waals surface area contributed by atoms with E-state index in [0.717, 1.165) is 11.4 Å². The molecule has 0 spiro atoms. The van der Waals surface area contributed by atoms with Crippen LogP contribution < -0.4 is 5.32 Å². The van der Waals surface area contributed by atoms with E-state index in [0.29, 0.717) is 0 Å². The Morgan fingerprint density at radius 2 is 1.93 bits per heavy atom. The van der Waals surface area contributed by atoms with Gasteiger partial charge in [0.25, 0.3) is 0 Å². The highest BCUT2D eigenvalue weighted by molar-refractivity contribution is 5.45. The van der Waals surface area contributed by atoms with Gasteiger partial charge < -0.3 is 9.73 Å². The standard InChI is InChI=1S/C13H13NO/c1-2-12(13-9-6-10-15-13)14-11-7-4-3-5-8-11/h2-10,12,14H,1H2/t12-/m0/s1. The fourth-order valence-electron chi connectivity index (χ4n) is 1.43. The van der Waals surface area contributed by atoms with Crippen molar-refractivity contribution >= 4 is 5.69 Å². The molecule has 0 aliphatic rings. The van der Waals surface area contributed by atoms with Gasteiger partial charge in [0.2, 0.25) is 0 Å². The molecule has 0 aliphatic heterocycles. The fraction of sp³-hybridized carbons (Fsp3) is 0.0769. The lowest BCUT2D eigenvalue weighted by molar-refractivity contribution is 0.503. The predicted octanol–water partition coefficient (Wildman–Crippen LogP) is 3.62. The predicted molar refractivity (Wildman–Crippen MR) is 61.7 cm³/mol. The third-order valence-corrected chi connectivity index (χ3v) is 2.18. The van der Waals surface area contributed by atoms with Crippen LogP contribution in [0.25, 0.3) is 0 Å². The Hall–Kier alpha value is -1.96. The second-order valence-corrected chi connectivity index (χ2v) is 3.24. The Balaban J connectivity index is 2.13. The Labute approximate surface area is 89.2 Å². The molecule has 76 valence electrons. The summed E-state index contributed by atoms with van der Waals surface area (Å²) in [6.07, 6.45) is 3.49. The molecule has 0 unspecified atom stereocenters. The number of hydrogen-bond donors (Lipinski definition) is 1. The smallest absolute Gasteiger partial charge is 0.129 e. The maximum absolute atomic E-state index is 5.32. The first kappa shape index (κ1) is 9.59. The monoisotopic (exact) mass is 199 g/mol. The van der Waals surface area contributed by atoms with Crippen molar-refractivity contribution in [2.24, 2.45) is 0 Å². The average molecular weight is 199 g/mol. The first-order valence-corrected chi connectivity index (χ1v) is 4.87. The summed E-state index contributed by atoms with van der Waals surface area (Å²) >= 11 is 0. The fourth-order valence-corrected chi connectivity index (χ4v) is 1.43. The Morgan fingerprint density at radius 3 is 2.53 bits per heavy atom. The van der Waals surface area contributed by atoms with Crippen molar-refractivity contribution in [3.8, 4) is 0 Å². The molecule has 1 N–H and O–H groups in total. The number of nitrogens with one attached hydrogen (secondary N) is 1. The molecular formula is C13H13NO. The van der Waals surface area contributed by atoms with Crippen LogP contribution in [0.2, 0.25) is 0 Å². The molecular weight excluding hydrogens is 186 g/mol. The first-order valence-electron chi connectivity index (χ1n) is 4.87. The molecule has 0 amide bonds. The van der Waals surface area contributed by atoms with Crippen molar-refractivity contribution in [1.82, 2.24) is 0 Å². The summed E-state index contributed by atoms with van der Waals surface area (Å²) in [5, 5.41) is 3.32. The van der Waals surface area contributed by atoms with E-state index in [4.69, 9.17) is 4.42 Å². The van der Waals surface area contributed by atoms with Crippen LogP contribution in [-0.2, 0) is 0 Å². The van der Waals surface area contributed by atoms with E-state index < -0.39 is 0 Å². The molecule has 0 saturated carbocycles. The molecule has 0 radical (unpaired) electrons. The van der Waals surface area contributed by atoms with Gasteiger partial charge in [0.1, 0.15) is 11.8 Å². The summed E-state index contributed by atoms with van der Waals surface area (Å²) in [4.78, 5) is 0. The topological polar surface area (TPSA) is 25.2 Å². The average Bonchev–Trinajstić information content (AvgIpc) is 2.81. The van der Waals surface area contributed by atoms with Gasteiger partial charge in [-0.1, -0.05) is 24.3 Å². The molecule has 0 fully saturated rings. The summed E-state index contributed by atoms with van der Waals surface area (Å²) in [6, 6.07) is 13.8. The van der Waals surface area contributed by atoms with Crippen LogP contribution in [0.15, 0.2) is 65.8 Å². The largest absolute Gasteiger partial charge is 0.467 e. The molecule has 2 aromatic rings. The molecule has 2 nitrogen and oxygen atoms in total. The highest BCUT2D eigenvalue weighted by atomic mass is 16.3. The highest BCUT2D eigenvalue weighted by Gasteiger charge is 2.08. The molecule has 15 heavy (non-hydrogen) atoms. The third-order valence-electron chi connectivity index (χ3n) is 2.18. The van der Waals surface area contributed by atoms with E-state index >= 15 is 0 Å². The van der Waals surface area contributed by atoms with Crippen LogP contribution >= 0.6 is 0 Å². The lowest BCUT2D eigenvalue weighted by Crippen LogP contribution is -2.06. The number of para-hydroxylation sites is 1. The van der Waals surface area contributed by atoms with Gasteiger partial charge in [-0.3, -0.25) is 0 Å². The molecule has 1 aromatic carbocycles. The summed E-state index contributed by atoms with van der Waals surface area (Å²) in [5.41, 5.74) is 1.05. The molecule has 0 saturated heterocycles. The zero-order chi connectivity index (χ0) is 10.5. The van der Waals surface area contributed by atoms with Crippen molar-refractivity contribution < 1.29 is 4.42 Å². The van der Waals surface area contributed by atoms with E-state index in [1.165, 1.54) is 0 Å². The van der Waals surface area contributed by atoms with E-state index in [2.05, 4.69) is 11.9 Å². The second-order valence-electron chi connectivity index (χ2n) is 3.24. The van der Waals surface area contributed by atoms with Crippen LogP contribution in [0, 0.1) is 0 Å². The SMILES string of the molecule is C=C[C@H](Nc1ccccc1)c1ccco1. The summed E-state index contributed by atoms with van der Waals surface area (Å²) in [5.74, 6) is 0.869. The highest BCUT2D eigenvalue weighted by Crippen LogP contribution is 2.20. The lowest BCUT2D eigenvalue weighted by Gasteiger charge is -2.13. The van der Waals surface area contributed by atoms with Crippen molar-refractivity contribution in [2.45, 2.75) is 6.04 Å². The number of furan rings is 1. The summed E-state index contributed by atoms with van der Waals surface area (Å²) < 4.78 is 5.32. The molecule has 2 rings (SSSR count). The van der Waals surface area contributed by atoms with Gasteiger partial charge in [-0.2, -0.15) is 0 Å². The summed E-state index contributed by atoms with van der Waals surface area (Å²) in [7, 11) is 0. The van der Waals surface area contributed by atoms with Gasteiger partial charge in [-0.05, 0) is 24.3 Å². The van der Waals surface area contributed by atoms with Crippen molar-refractivity contribution in [3.63, 3.8) is 0 Å². The van der Waals surface area contributed by atoms with E-state index in [9.17, 15) is 0 Å². The zero-order valence-electron chi connectivity index (χ0n) is 8.39. The number of anilines is 1. The van der Waals surface area contributed by atoms with Gasteiger partial charge in [0.05, 0.1) is 6.26 Å². The minimum Gasteiger partial charge on any atom is -0.467 e. The van der Waals surface area contributed by atoms with Crippen molar-refractivity contribution in [1.29, 1.82) is 0 Å². The molecule has 0 bridgehead atoms. The second kappa shape index (κ2) is 4.51. The van der Waals surface area contributed by atoms with Gasteiger partial charge in [-0.25, -0.2) is 0 Å². The molecule has 2 heteroatoms. The van der Waals surface area contributed by atoms with Crippen LogP contribution in [0.5, 0.6) is 0 Å². The minimum atomic E-state index is 0.0161. The Bertz CT molecular complexity index is 405. The number of hydrogen-bond acceptors (Lipinski definition) is 2. The minimum absolute atomic E-state index is 0.0161. The van der Waals surface area contributed by atoms with Crippen molar-refractivity contribution in [2.75, 3.05) is 5.32 Å². The van der Waals surface area contributed by atoms with Gasteiger partial charge in [0.15, 0.2) is 0 Å². The number of benzene rings is 1. The van der Waals surface area contributed by atoms with Crippen LogP contribution in [0.4, 0.5) is 5.69 Å². The van der Waals surface area contributed by atoms with Gasteiger partial charge >= 0.3 is 0 Å². The van der Waals surface area contributed by atoms with Crippen LogP contribution in [0.3, 0.4) is 0 Å². The maximum Gasteiger partial charge on any atom is 0.129 e. The van der Waals surface area contributed by atoms with Crippen LogP contribution in [-0.4, -0.2) is 0 Å². The van der Waals surface area contributed by atoms with Gasteiger partial charge in [0, 0.05) is 5.69 Å². The lowest BCUT2D eigenvalue weighted by atomic mass is 10.2. The maximum atomic E-state index is 5.32. The molecule has 1 heterocycles. The molecule has 1 aromatic heterocycles. The quantitative estimate of drug-likeness (QED) is 0.761. The van der Waals surface area contributed by atoms with Crippen LogP contribution in [0.1, 0.15) is 11.8 Å². The number of rotatable bonds is 4. The van der Waals surface area contributed by atoms with E-state index in [1.54, 1.807) is 6.26 Å². The Morgan fingerprint density at radius 1 is 1.13 bits per heavy atom.